The van der Waals surface area contributed by atoms with Crippen molar-refractivity contribution in [2.75, 3.05) is 18.0 Å². The molecule has 1 aliphatic carbocycles. The van der Waals surface area contributed by atoms with Gasteiger partial charge in [-0.15, -0.1) is 0 Å². The molecule has 2 aliphatic rings. The molecule has 0 spiro atoms. The minimum atomic E-state index is -1.01. The van der Waals surface area contributed by atoms with Gasteiger partial charge in [0.1, 0.15) is 12.3 Å². The lowest BCUT2D eigenvalue weighted by Crippen LogP contribution is -2.49. The lowest BCUT2D eigenvalue weighted by molar-refractivity contribution is -0.147. The van der Waals surface area contributed by atoms with Crippen molar-refractivity contribution in [3.63, 3.8) is 0 Å². The van der Waals surface area contributed by atoms with E-state index in [0.29, 0.717) is 11.4 Å². The predicted molar refractivity (Wildman–Crippen MR) is 90.5 cm³/mol. The highest BCUT2D eigenvalue weighted by atomic mass is 16.5. The second-order valence-corrected chi connectivity index (χ2v) is 6.47. The summed E-state index contributed by atoms with van der Waals surface area (Å²) in [7, 11) is 0. The number of anilines is 1. The third-order valence-electron chi connectivity index (χ3n) is 4.76. The van der Waals surface area contributed by atoms with Gasteiger partial charge in [-0.25, -0.2) is 0 Å². The van der Waals surface area contributed by atoms with Crippen LogP contribution in [0.15, 0.2) is 24.3 Å². The van der Waals surface area contributed by atoms with Crippen LogP contribution in [0.3, 0.4) is 0 Å². The molecule has 1 aromatic rings. The van der Waals surface area contributed by atoms with E-state index in [-0.39, 0.29) is 37.4 Å². The van der Waals surface area contributed by atoms with Gasteiger partial charge in [0.15, 0.2) is 6.10 Å². The summed E-state index contributed by atoms with van der Waals surface area (Å²) in [5, 5.41) is 9.05. The summed E-state index contributed by atoms with van der Waals surface area (Å²) in [6, 6.07) is 7.22. The Morgan fingerprint density at radius 2 is 2.04 bits per heavy atom. The monoisotopic (exact) mass is 346 g/mol. The zero-order valence-corrected chi connectivity index (χ0v) is 14.2. The largest absolute Gasteiger partial charge is 0.480 e. The van der Waals surface area contributed by atoms with Gasteiger partial charge in [0.2, 0.25) is 5.91 Å². The van der Waals surface area contributed by atoms with E-state index >= 15 is 0 Å². The molecule has 0 saturated heterocycles. The molecule has 0 radical (unpaired) electrons. The number of aliphatic carboxylic acids is 1. The zero-order chi connectivity index (χ0) is 18.0. The maximum absolute atomic E-state index is 12.5. The van der Waals surface area contributed by atoms with E-state index in [1.807, 2.05) is 12.1 Å². The van der Waals surface area contributed by atoms with Crippen molar-refractivity contribution in [2.45, 2.75) is 44.8 Å². The average Bonchev–Trinajstić information content (AvgIpc) is 2.52. The Labute approximate surface area is 146 Å². The van der Waals surface area contributed by atoms with E-state index in [1.165, 1.54) is 4.90 Å². The van der Waals surface area contributed by atoms with Crippen LogP contribution in [0.1, 0.15) is 32.6 Å². The van der Waals surface area contributed by atoms with Crippen LogP contribution in [0, 0.1) is 0 Å². The van der Waals surface area contributed by atoms with Gasteiger partial charge in [-0.05, 0) is 38.3 Å². The predicted octanol–water partition coefficient (Wildman–Crippen LogP) is 1.66. The number of carbonyl (C=O) groups excluding carboxylic acids is 2. The summed E-state index contributed by atoms with van der Waals surface area (Å²) in [5.41, 5.74) is 0.645. The van der Waals surface area contributed by atoms with E-state index in [2.05, 4.69) is 0 Å². The van der Waals surface area contributed by atoms with Crippen LogP contribution < -0.4 is 9.64 Å². The zero-order valence-electron chi connectivity index (χ0n) is 14.2. The number of amides is 2. The highest BCUT2D eigenvalue weighted by Gasteiger charge is 2.33. The number of hydrogen-bond acceptors (Lipinski definition) is 4. The fourth-order valence-electron chi connectivity index (χ4n) is 3.21. The van der Waals surface area contributed by atoms with E-state index in [4.69, 9.17) is 9.84 Å². The molecule has 3 rings (SSSR count). The number of benzene rings is 1. The van der Waals surface area contributed by atoms with Crippen molar-refractivity contribution in [1.29, 1.82) is 0 Å². The molecule has 1 unspecified atom stereocenters. The summed E-state index contributed by atoms with van der Waals surface area (Å²) < 4.78 is 5.58. The Balaban J connectivity index is 1.70. The molecule has 0 aromatic heterocycles. The van der Waals surface area contributed by atoms with Crippen LogP contribution in [0.5, 0.6) is 5.75 Å². The Kier molecular flexibility index (Phi) is 4.92. The minimum absolute atomic E-state index is 0.00944. The molecular formula is C18H22N2O5. The van der Waals surface area contributed by atoms with Crippen molar-refractivity contribution in [2.24, 2.45) is 0 Å². The van der Waals surface area contributed by atoms with Crippen molar-refractivity contribution in [3.8, 4) is 5.75 Å². The summed E-state index contributed by atoms with van der Waals surface area (Å²) in [4.78, 5) is 39.0. The third kappa shape index (κ3) is 3.60. The van der Waals surface area contributed by atoms with Crippen molar-refractivity contribution in [3.05, 3.63) is 24.3 Å². The second kappa shape index (κ2) is 7.13. The van der Waals surface area contributed by atoms with Crippen LogP contribution in [-0.4, -0.2) is 53.0 Å². The highest BCUT2D eigenvalue weighted by molar-refractivity contribution is 6.00. The fraction of sp³-hybridized carbons (Fsp3) is 0.500. The second-order valence-electron chi connectivity index (χ2n) is 6.47. The van der Waals surface area contributed by atoms with Gasteiger partial charge in [0.25, 0.3) is 5.91 Å². The molecule has 1 fully saturated rings. The van der Waals surface area contributed by atoms with Gasteiger partial charge >= 0.3 is 5.97 Å². The van der Waals surface area contributed by atoms with Crippen LogP contribution in [-0.2, 0) is 14.4 Å². The summed E-state index contributed by atoms with van der Waals surface area (Å²) in [6.45, 7) is 1.61. The first-order valence-corrected chi connectivity index (χ1v) is 8.55. The summed E-state index contributed by atoms with van der Waals surface area (Å²) >= 11 is 0. The first-order valence-electron chi connectivity index (χ1n) is 8.55. The van der Waals surface area contributed by atoms with Crippen LogP contribution in [0.2, 0.25) is 0 Å². The molecule has 1 aromatic carbocycles. The van der Waals surface area contributed by atoms with Crippen LogP contribution in [0.25, 0.3) is 0 Å². The van der Waals surface area contributed by atoms with Crippen molar-refractivity contribution in [1.82, 2.24) is 4.90 Å². The number of fused-ring (bicyclic) bond motifs is 1. The Hall–Kier alpha value is -2.57. The molecule has 0 bridgehead atoms. The summed E-state index contributed by atoms with van der Waals surface area (Å²) in [5.74, 6) is -0.818. The molecule has 1 heterocycles. The molecule has 2 amide bonds. The number of carboxylic acid groups (broad SMARTS) is 1. The van der Waals surface area contributed by atoms with E-state index in [0.717, 1.165) is 19.3 Å². The van der Waals surface area contributed by atoms with Gasteiger partial charge in [-0.3, -0.25) is 14.4 Å². The number of carboxylic acids is 1. The topological polar surface area (TPSA) is 87.2 Å². The van der Waals surface area contributed by atoms with Gasteiger partial charge in [0, 0.05) is 19.0 Å². The van der Waals surface area contributed by atoms with Crippen LogP contribution >= 0.6 is 0 Å². The normalized spacial score (nSPS) is 19.6. The van der Waals surface area contributed by atoms with Gasteiger partial charge < -0.3 is 19.6 Å². The average molecular weight is 346 g/mol. The molecule has 1 saturated carbocycles. The van der Waals surface area contributed by atoms with E-state index in [9.17, 15) is 14.4 Å². The first-order chi connectivity index (χ1) is 12.0. The van der Waals surface area contributed by atoms with E-state index < -0.39 is 12.1 Å². The number of nitrogens with zero attached hydrogens (tertiary/aromatic N) is 2. The van der Waals surface area contributed by atoms with Gasteiger partial charge in [0.05, 0.1) is 5.69 Å². The minimum Gasteiger partial charge on any atom is -0.480 e. The lowest BCUT2D eigenvalue weighted by Gasteiger charge is -2.37. The number of rotatable bonds is 6. The van der Waals surface area contributed by atoms with Gasteiger partial charge in [-0.2, -0.15) is 0 Å². The maximum Gasteiger partial charge on any atom is 0.323 e. The SMILES string of the molecule is CC1Oc2ccccc2N(CCC(=O)N(CC(=O)O)C2CCC2)C1=O. The molecule has 1 atom stereocenters. The smallest absolute Gasteiger partial charge is 0.323 e. The number of ether oxygens (including phenoxy) is 1. The molecule has 134 valence electrons. The maximum atomic E-state index is 12.5. The number of carbonyl (C=O) groups is 3. The Morgan fingerprint density at radius 1 is 1.32 bits per heavy atom. The first kappa shape index (κ1) is 17.3. The Morgan fingerprint density at radius 3 is 2.68 bits per heavy atom. The molecule has 7 nitrogen and oxygen atoms in total. The standard InChI is InChI=1S/C18H22N2O5/c1-12-18(24)19(14-7-2-3-8-15(14)25-12)10-9-16(21)20(11-17(22)23)13-5-4-6-13/h2-3,7-8,12-13H,4-6,9-11H2,1H3,(H,22,23). The molecule has 7 heteroatoms. The molecule has 1 aliphatic heterocycles. The number of hydrogen-bond donors (Lipinski definition) is 1. The van der Waals surface area contributed by atoms with E-state index in [1.54, 1.807) is 24.0 Å². The molecular weight excluding hydrogens is 324 g/mol. The van der Waals surface area contributed by atoms with Gasteiger partial charge in [-0.1, -0.05) is 12.1 Å². The molecule has 25 heavy (non-hydrogen) atoms. The lowest BCUT2D eigenvalue weighted by atomic mass is 9.91. The Bertz CT molecular complexity index is 686. The quantitative estimate of drug-likeness (QED) is 0.846. The molecule has 1 N–H and O–H groups in total. The summed E-state index contributed by atoms with van der Waals surface area (Å²) in [6.07, 6.45) is 2.19. The third-order valence-corrected chi connectivity index (χ3v) is 4.76. The van der Waals surface area contributed by atoms with Crippen LogP contribution in [0.4, 0.5) is 5.69 Å². The van der Waals surface area contributed by atoms with Crippen molar-refractivity contribution < 1.29 is 24.2 Å². The number of para-hydroxylation sites is 2. The highest BCUT2D eigenvalue weighted by Crippen LogP contribution is 2.34. The fourth-order valence-corrected chi connectivity index (χ4v) is 3.21. The van der Waals surface area contributed by atoms with Crippen molar-refractivity contribution >= 4 is 23.5 Å².